The van der Waals surface area contributed by atoms with Gasteiger partial charge >= 0.3 is 0 Å². The van der Waals surface area contributed by atoms with Crippen LogP contribution in [0.15, 0.2) is 0 Å². The Morgan fingerprint density at radius 1 is 1.38 bits per heavy atom. The molecular weight excluding hydrogens is 164 g/mol. The standard InChI is InChI=1S/C10H22N2O/c1-9-10(4-7-13-9)8-12-6-3-5-11-2/h9-12H,3-8H2,1-2H3. The lowest BCUT2D eigenvalue weighted by atomic mass is 10.0. The highest BCUT2D eigenvalue weighted by Crippen LogP contribution is 2.18. The SMILES string of the molecule is CNCCCNCC1CCOC1C. The van der Waals surface area contributed by atoms with E-state index in [0.29, 0.717) is 6.10 Å². The van der Waals surface area contributed by atoms with E-state index in [1.165, 1.54) is 12.8 Å². The van der Waals surface area contributed by atoms with Gasteiger partial charge in [-0.15, -0.1) is 0 Å². The van der Waals surface area contributed by atoms with Gasteiger partial charge in [0.25, 0.3) is 0 Å². The minimum atomic E-state index is 0.455. The Hall–Kier alpha value is -0.120. The second-order valence-corrected chi connectivity index (χ2v) is 3.79. The molecule has 0 aromatic heterocycles. The van der Waals surface area contributed by atoms with E-state index in [-0.39, 0.29) is 0 Å². The third-order valence-corrected chi connectivity index (χ3v) is 2.72. The molecule has 0 radical (unpaired) electrons. The molecule has 0 aliphatic carbocycles. The van der Waals surface area contributed by atoms with Crippen molar-refractivity contribution < 1.29 is 4.74 Å². The van der Waals surface area contributed by atoms with Gasteiger partial charge in [0.05, 0.1) is 6.10 Å². The Labute approximate surface area is 81.2 Å². The van der Waals surface area contributed by atoms with Crippen LogP contribution in [0.2, 0.25) is 0 Å². The number of ether oxygens (including phenoxy) is 1. The van der Waals surface area contributed by atoms with Crippen LogP contribution in [0, 0.1) is 5.92 Å². The van der Waals surface area contributed by atoms with Crippen LogP contribution < -0.4 is 10.6 Å². The molecule has 78 valence electrons. The second kappa shape index (κ2) is 6.35. The van der Waals surface area contributed by atoms with E-state index < -0.39 is 0 Å². The van der Waals surface area contributed by atoms with Crippen LogP contribution in [0.5, 0.6) is 0 Å². The summed E-state index contributed by atoms with van der Waals surface area (Å²) in [5.41, 5.74) is 0. The Bertz CT molecular complexity index is 130. The molecule has 1 heterocycles. The summed E-state index contributed by atoms with van der Waals surface area (Å²) in [4.78, 5) is 0. The predicted molar refractivity (Wildman–Crippen MR) is 54.9 cm³/mol. The van der Waals surface area contributed by atoms with Crippen molar-refractivity contribution in [2.45, 2.75) is 25.9 Å². The summed E-state index contributed by atoms with van der Waals surface area (Å²) in [5.74, 6) is 0.731. The highest BCUT2D eigenvalue weighted by atomic mass is 16.5. The van der Waals surface area contributed by atoms with Gasteiger partial charge < -0.3 is 15.4 Å². The predicted octanol–water partition coefficient (Wildman–Crippen LogP) is 0.611. The molecule has 0 amide bonds. The van der Waals surface area contributed by atoms with E-state index in [1.807, 2.05) is 7.05 Å². The molecule has 0 spiro atoms. The summed E-state index contributed by atoms with van der Waals surface area (Å²) >= 11 is 0. The van der Waals surface area contributed by atoms with Gasteiger partial charge in [0.2, 0.25) is 0 Å². The van der Waals surface area contributed by atoms with E-state index in [2.05, 4.69) is 17.6 Å². The van der Waals surface area contributed by atoms with Gasteiger partial charge in [0, 0.05) is 13.2 Å². The Morgan fingerprint density at radius 2 is 2.23 bits per heavy atom. The fourth-order valence-electron chi connectivity index (χ4n) is 1.72. The van der Waals surface area contributed by atoms with E-state index in [0.717, 1.165) is 32.2 Å². The highest BCUT2D eigenvalue weighted by Gasteiger charge is 2.23. The summed E-state index contributed by atoms with van der Waals surface area (Å²) in [5, 5.41) is 6.61. The molecule has 3 nitrogen and oxygen atoms in total. The molecule has 1 aliphatic rings. The molecule has 1 rings (SSSR count). The monoisotopic (exact) mass is 186 g/mol. The molecule has 1 aliphatic heterocycles. The van der Waals surface area contributed by atoms with Gasteiger partial charge in [-0.2, -0.15) is 0 Å². The normalized spacial score (nSPS) is 28.2. The lowest BCUT2D eigenvalue weighted by Crippen LogP contribution is -2.28. The molecule has 1 fully saturated rings. The van der Waals surface area contributed by atoms with Crippen molar-refractivity contribution in [3.63, 3.8) is 0 Å². The van der Waals surface area contributed by atoms with Crippen LogP contribution in [0.4, 0.5) is 0 Å². The van der Waals surface area contributed by atoms with Gasteiger partial charge in [-0.3, -0.25) is 0 Å². The number of rotatable bonds is 6. The average molecular weight is 186 g/mol. The lowest BCUT2D eigenvalue weighted by Gasteiger charge is -2.14. The minimum absolute atomic E-state index is 0.455. The third-order valence-electron chi connectivity index (χ3n) is 2.72. The molecule has 2 N–H and O–H groups in total. The van der Waals surface area contributed by atoms with Gasteiger partial charge in [-0.1, -0.05) is 0 Å². The summed E-state index contributed by atoms with van der Waals surface area (Å²) in [6.45, 7) is 6.45. The molecule has 0 bridgehead atoms. The quantitative estimate of drug-likeness (QED) is 0.596. The van der Waals surface area contributed by atoms with Crippen molar-refractivity contribution in [1.82, 2.24) is 10.6 Å². The highest BCUT2D eigenvalue weighted by molar-refractivity contribution is 4.74. The Balaban J connectivity index is 1.93. The largest absolute Gasteiger partial charge is 0.378 e. The zero-order valence-electron chi connectivity index (χ0n) is 8.81. The van der Waals surface area contributed by atoms with Crippen LogP contribution in [0.3, 0.4) is 0 Å². The fraction of sp³-hybridized carbons (Fsp3) is 1.00. The number of nitrogens with one attached hydrogen (secondary N) is 2. The number of hydrogen-bond acceptors (Lipinski definition) is 3. The molecule has 0 aromatic carbocycles. The summed E-state index contributed by atoms with van der Waals surface area (Å²) < 4.78 is 5.49. The van der Waals surface area contributed by atoms with Crippen LogP contribution >= 0.6 is 0 Å². The molecular formula is C10H22N2O. The van der Waals surface area contributed by atoms with E-state index in [4.69, 9.17) is 4.74 Å². The van der Waals surface area contributed by atoms with Crippen molar-refractivity contribution in [1.29, 1.82) is 0 Å². The first kappa shape index (κ1) is 11.0. The Morgan fingerprint density at radius 3 is 2.85 bits per heavy atom. The van der Waals surface area contributed by atoms with Crippen molar-refractivity contribution in [2.75, 3.05) is 33.3 Å². The third kappa shape index (κ3) is 4.07. The maximum absolute atomic E-state index is 5.49. The maximum Gasteiger partial charge on any atom is 0.0588 e. The van der Waals surface area contributed by atoms with Gasteiger partial charge in [-0.05, 0) is 45.8 Å². The average Bonchev–Trinajstić information content (AvgIpc) is 2.52. The zero-order chi connectivity index (χ0) is 9.52. The fourth-order valence-corrected chi connectivity index (χ4v) is 1.72. The lowest BCUT2D eigenvalue weighted by molar-refractivity contribution is 0.105. The molecule has 2 unspecified atom stereocenters. The first-order valence-electron chi connectivity index (χ1n) is 5.31. The molecule has 0 saturated carbocycles. The minimum Gasteiger partial charge on any atom is -0.378 e. The molecule has 13 heavy (non-hydrogen) atoms. The van der Waals surface area contributed by atoms with Crippen molar-refractivity contribution in [2.24, 2.45) is 5.92 Å². The van der Waals surface area contributed by atoms with Crippen LogP contribution in [0.1, 0.15) is 19.8 Å². The summed E-state index contributed by atoms with van der Waals surface area (Å²) in [7, 11) is 1.99. The van der Waals surface area contributed by atoms with Gasteiger partial charge in [-0.25, -0.2) is 0 Å². The topological polar surface area (TPSA) is 33.3 Å². The van der Waals surface area contributed by atoms with Gasteiger partial charge in [0.1, 0.15) is 0 Å². The Kier molecular flexibility index (Phi) is 5.35. The van der Waals surface area contributed by atoms with Crippen molar-refractivity contribution in [3.8, 4) is 0 Å². The van der Waals surface area contributed by atoms with E-state index in [9.17, 15) is 0 Å². The van der Waals surface area contributed by atoms with Crippen LogP contribution in [-0.2, 0) is 4.74 Å². The van der Waals surface area contributed by atoms with Crippen LogP contribution in [0.25, 0.3) is 0 Å². The first-order chi connectivity index (χ1) is 6.34. The summed E-state index contributed by atoms with van der Waals surface area (Å²) in [6, 6.07) is 0. The van der Waals surface area contributed by atoms with Gasteiger partial charge in [0.15, 0.2) is 0 Å². The molecule has 0 aromatic rings. The smallest absolute Gasteiger partial charge is 0.0588 e. The van der Waals surface area contributed by atoms with Crippen molar-refractivity contribution >= 4 is 0 Å². The summed E-state index contributed by atoms with van der Waals surface area (Å²) in [6.07, 6.45) is 2.88. The first-order valence-corrected chi connectivity index (χ1v) is 5.31. The maximum atomic E-state index is 5.49. The molecule has 3 heteroatoms. The molecule has 2 atom stereocenters. The van der Waals surface area contributed by atoms with E-state index in [1.54, 1.807) is 0 Å². The van der Waals surface area contributed by atoms with Crippen LogP contribution in [-0.4, -0.2) is 39.4 Å². The molecule has 1 saturated heterocycles. The second-order valence-electron chi connectivity index (χ2n) is 3.79. The van der Waals surface area contributed by atoms with Crippen molar-refractivity contribution in [3.05, 3.63) is 0 Å². The number of hydrogen-bond donors (Lipinski definition) is 2. The van der Waals surface area contributed by atoms with E-state index >= 15 is 0 Å². The zero-order valence-corrected chi connectivity index (χ0v) is 8.81.